The Morgan fingerprint density at radius 1 is 1.11 bits per heavy atom. The molecular formula is C14H23IN2O2. The number of anilines is 2. The van der Waals surface area contributed by atoms with Crippen molar-refractivity contribution in [3.63, 3.8) is 0 Å². The average molecular weight is 378 g/mol. The van der Waals surface area contributed by atoms with E-state index in [9.17, 15) is 0 Å². The van der Waals surface area contributed by atoms with Gasteiger partial charge in [-0.15, -0.1) is 0 Å². The van der Waals surface area contributed by atoms with Gasteiger partial charge in [-0.1, -0.05) is 0 Å². The Kier molecular flexibility index (Phi) is 8.16. The lowest BCUT2D eigenvalue weighted by Gasteiger charge is -2.26. The van der Waals surface area contributed by atoms with Crippen LogP contribution >= 0.6 is 22.6 Å². The molecule has 1 aromatic rings. The van der Waals surface area contributed by atoms with E-state index in [-0.39, 0.29) is 0 Å². The summed E-state index contributed by atoms with van der Waals surface area (Å²) in [6, 6.07) is 6.12. The Hall–Kier alpha value is -0.530. The van der Waals surface area contributed by atoms with Gasteiger partial charge in [0.25, 0.3) is 0 Å². The van der Waals surface area contributed by atoms with Crippen LogP contribution in [0.25, 0.3) is 0 Å². The largest absolute Gasteiger partial charge is 0.397 e. The van der Waals surface area contributed by atoms with E-state index in [0.717, 1.165) is 41.2 Å². The molecule has 0 aromatic heterocycles. The van der Waals surface area contributed by atoms with Gasteiger partial charge in [-0.3, -0.25) is 0 Å². The maximum absolute atomic E-state index is 6.10. The van der Waals surface area contributed by atoms with Crippen LogP contribution in [0.3, 0.4) is 0 Å². The van der Waals surface area contributed by atoms with Crippen LogP contribution in [-0.2, 0) is 9.47 Å². The molecule has 4 nitrogen and oxygen atoms in total. The average Bonchev–Trinajstić information content (AvgIpc) is 2.38. The molecule has 0 saturated heterocycles. The molecule has 0 fully saturated rings. The maximum Gasteiger partial charge on any atom is 0.0641 e. The normalized spacial score (nSPS) is 10.7. The van der Waals surface area contributed by atoms with Crippen molar-refractivity contribution in [2.45, 2.75) is 13.8 Å². The monoisotopic (exact) mass is 378 g/mol. The molecule has 0 spiro atoms. The van der Waals surface area contributed by atoms with E-state index in [1.54, 1.807) is 0 Å². The van der Waals surface area contributed by atoms with Crippen molar-refractivity contribution in [1.82, 2.24) is 0 Å². The molecule has 0 unspecified atom stereocenters. The van der Waals surface area contributed by atoms with Gasteiger partial charge in [0.2, 0.25) is 0 Å². The first-order valence-electron chi connectivity index (χ1n) is 6.64. The minimum atomic E-state index is 0.702. The summed E-state index contributed by atoms with van der Waals surface area (Å²) in [4.78, 5) is 2.22. The quantitative estimate of drug-likeness (QED) is 0.408. The zero-order chi connectivity index (χ0) is 14.1. The number of ether oxygens (including phenoxy) is 2. The molecule has 5 heteroatoms. The second-order valence-electron chi connectivity index (χ2n) is 4.08. The lowest BCUT2D eigenvalue weighted by molar-refractivity contribution is 0.141. The van der Waals surface area contributed by atoms with Crippen molar-refractivity contribution in [3.05, 3.63) is 21.8 Å². The molecule has 0 aliphatic carbocycles. The first kappa shape index (κ1) is 16.5. The van der Waals surface area contributed by atoms with E-state index in [0.29, 0.717) is 13.2 Å². The first-order valence-corrected chi connectivity index (χ1v) is 7.72. The summed E-state index contributed by atoms with van der Waals surface area (Å²) in [5, 5.41) is 0. The summed E-state index contributed by atoms with van der Waals surface area (Å²) in [6.45, 7) is 8.54. The highest BCUT2D eigenvalue weighted by Gasteiger charge is 2.10. The SMILES string of the molecule is CCOCCN(CCOCC)c1ccc(I)cc1N. The van der Waals surface area contributed by atoms with Crippen molar-refractivity contribution in [2.75, 3.05) is 50.2 Å². The first-order chi connectivity index (χ1) is 9.19. The smallest absolute Gasteiger partial charge is 0.0641 e. The summed E-state index contributed by atoms with van der Waals surface area (Å²) in [5.74, 6) is 0. The molecule has 0 bridgehead atoms. The van der Waals surface area contributed by atoms with Gasteiger partial charge in [-0.05, 0) is 54.6 Å². The molecule has 0 saturated carbocycles. The van der Waals surface area contributed by atoms with Crippen molar-refractivity contribution >= 4 is 34.0 Å². The number of nitrogen functional groups attached to an aromatic ring is 1. The van der Waals surface area contributed by atoms with Gasteiger partial charge in [-0.25, -0.2) is 0 Å². The molecule has 1 rings (SSSR count). The third-order valence-electron chi connectivity index (χ3n) is 2.75. The number of rotatable bonds is 9. The van der Waals surface area contributed by atoms with Crippen molar-refractivity contribution in [1.29, 1.82) is 0 Å². The zero-order valence-corrected chi connectivity index (χ0v) is 13.9. The van der Waals surface area contributed by atoms with Crippen LogP contribution in [-0.4, -0.2) is 39.5 Å². The molecule has 0 aliphatic rings. The minimum absolute atomic E-state index is 0.702. The van der Waals surface area contributed by atoms with E-state index >= 15 is 0 Å². The number of hydrogen-bond donors (Lipinski definition) is 1. The van der Waals surface area contributed by atoms with Crippen LogP contribution in [0.4, 0.5) is 11.4 Å². The molecule has 1 aromatic carbocycles. The molecule has 0 heterocycles. The fraction of sp³-hybridized carbons (Fsp3) is 0.571. The third kappa shape index (κ3) is 5.97. The predicted molar refractivity (Wildman–Crippen MR) is 88.8 cm³/mol. The fourth-order valence-electron chi connectivity index (χ4n) is 1.80. The Balaban J connectivity index is 2.69. The minimum Gasteiger partial charge on any atom is -0.397 e. The Morgan fingerprint density at radius 3 is 2.16 bits per heavy atom. The molecule has 0 atom stereocenters. The summed E-state index contributed by atoms with van der Waals surface area (Å²) >= 11 is 2.27. The number of nitrogens with two attached hydrogens (primary N) is 1. The number of halogens is 1. The molecule has 19 heavy (non-hydrogen) atoms. The van der Waals surface area contributed by atoms with Gasteiger partial charge in [0.05, 0.1) is 24.6 Å². The van der Waals surface area contributed by atoms with E-state index < -0.39 is 0 Å². The maximum atomic E-state index is 6.10. The van der Waals surface area contributed by atoms with Crippen molar-refractivity contribution in [2.24, 2.45) is 0 Å². The standard InChI is InChI=1S/C14H23IN2O2/c1-3-18-9-7-17(8-10-19-4-2)14-6-5-12(15)11-13(14)16/h5-6,11H,3-4,7-10,16H2,1-2H3. The van der Waals surface area contributed by atoms with Gasteiger partial charge in [0.15, 0.2) is 0 Å². The highest BCUT2D eigenvalue weighted by atomic mass is 127. The number of benzene rings is 1. The lowest BCUT2D eigenvalue weighted by Crippen LogP contribution is -2.31. The van der Waals surface area contributed by atoms with Crippen molar-refractivity contribution < 1.29 is 9.47 Å². The van der Waals surface area contributed by atoms with Crippen LogP contribution in [0.2, 0.25) is 0 Å². The molecule has 0 radical (unpaired) electrons. The Morgan fingerprint density at radius 2 is 1.68 bits per heavy atom. The Bertz CT molecular complexity index is 364. The van der Waals surface area contributed by atoms with Gasteiger partial charge in [-0.2, -0.15) is 0 Å². The summed E-state index contributed by atoms with van der Waals surface area (Å²) < 4.78 is 12.0. The van der Waals surface area contributed by atoms with E-state index in [4.69, 9.17) is 15.2 Å². The van der Waals surface area contributed by atoms with E-state index in [2.05, 4.69) is 39.6 Å². The number of hydrogen-bond acceptors (Lipinski definition) is 4. The van der Waals surface area contributed by atoms with Gasteiger partial charge < -0.3 is 20.1 Å². The van der Waals surface area contributed by atoms with Gasteiger partial charge in [0.1, 0.15) is 0 Å². The van der Waals surface area contributed by atoms with Crippen LogP contribution in [0.5, 0.6) is 0 Å². The zero-order valence-electron chi connectivity index (χ0n) is 11.7. The second kappa shape index (κ2) is 9.39. The second-order valence-corrected chi connectivity index (χ2v) is 5.33. The highest BCUT2D eigenvalue weighted by Crippen LogP contribution is 2.24. The van der Waals surface area contributed by atoms with Crippen LogP contribution < -0.4 is 10.6 Å². The molecule has 2 N–H and O–H groups in total. The lowest BCUT2D eigenvalue weighted by atomic mass is 10.2. The molecule has 0 amide bonds. The van der Waals surface area contributed by atoms with Gasteiger partial charge >= 0.3 is 0 Å². The molecule has 108 valence electrons. The van der Waals surface area contributed by atoms with Crippen molar-refractivity contribution in [3.8, 4) is 0 Å². The van der Waals surface area contributed by atoms with Crippen LogP contribution in [0.15, 0.2) is 18.2 Å². The van der Waals surface area contributed by atoms with Crippen LogP contribution in [0.1, 0.15) is 13.8 Å². The third-order valence-corrected chi connectivity index (χ3v) is 3.42. The van der Waals surface area contributed by atoms with E-state index in [1.807, 2.05) is 19.9 Å². The summed E-state index contributed by atoms with van der Waals surface area (Å²) in [6.07, 6.45) is 0. The fourth-order valence-corrected chi connectivity index (χ4v) is 2.32. The predicted octanol–water partition coefficient (Wildman–Crippen LogP) is 2.75. The summed E-state index contributed by atoms with van der Waals surface area (Å²) in [5.41, 5.74) is 7.96. The molecule has 0 aliphatic heterocycles. The number of nitrogens with zero attached hydrogens (tertiary/aromatic N) is 1. The Labute approximate surface area is 129 Å². The van der Waals surface area contributed by atoms with Gasteiger partial charge in [0, 0.05) is 29.9 Å². The van der Waals surface area contributed by atoms with Crippen LogP contribution in [0, 0.1) is 3.57 Å². The summed E-state index contributed by atoms with van der Waals surface area (Å²) in [7, 11) is 0. The van der Waals surface area contributed by atoms with E-state index in [1.165, 1.54) is 0 Å². The topological polar surface area (TPSA) is 47.7 Å². The molecular weight excluding hydrogens is 355 g/mol. The highest BCUT2D eigenvalue weighted by molar-refractivity contribution is 14.1.